The van der Waals surface area contributed by atoms with Crippen LogP contribution in [0.4, 0.5) is 10.5 Å². The standard InChI is InChI=1S/C17H21N5O5/c1-9-4-10(15(24)25)8-22(7-9)16(26)19-11-5-12-13(18-6-11)20(2)17(27)21(3)14(12)23/h5-6,9-10H,4,7-8H2,1-3H3,(H,19,26)(H,24,25). The number of amides is 2. The van der Waals surface area contributed by atoms with Gasteiger partial charge in [-0.05, 0) is 18.4 Å². The Morgan fingerprint density at radius 1 is 1.22 bits per heavy atom. The van der Waals surface area contributed by atoms with Gasteiger partial charge in [0, 0.05) is 27.2 Å². The highest BCUT2D eigenvalue weighted by Gasteiger charge is 2.32. The molecule has 0 aliphatic carbocycles. The molecule has 2 atom stereocenters. The van der Waals surface area contributed by atoms with E-state index in [2.05, 4.69) is 10.3 Å². The number of nitrogens with one attached hydrogen (secondary N) is 1. The molecule has 2 aromatic heterocycles. The molecule has 0 radical (unpaired) electrons. The minimum Gasteiger partial charge on any atom is -0.481 e. The van der Waals surface area contributed by atoms with Crippen molar-refractivity contribution in [2.45, 2.75) is 13.3 Å². The number of anilines is 1. The molecule has 144 valence electrons. The zero-order chi connectivity index (χ0) is 19.9. The Bertz CT molecular complexity index is 1040. The van der Waals surface area contributed by atoms with Crippen LogP contribution in [0.15, 0.2) is 21.9 Å². The van der Waals surface area contributed by atoms with Crippen LogP contribution in [0.3, 0.4) is 0 Å². The third kappa shape index (κ3) is 3.42. The summed E-state index contributed by atoms with van der Waals surface area (Å²) in [6.07, 6.45) is 1.89. The quantitative estimate of drug-likeness (QED) is 0.772. The zero-order valence-corrected chi connectivity index (χ0v) is 15.3. The Labute approximate surface area is 154 Å². The molecule has 27 heavy (non-hydrogen) atoms. The number of aromatic nitrogens is 3. The van der Waals surface area contributed by atoms with Gasteiger partial charge in [-0.1, -0.05) is 6.92 Å². The number of likely N-dealkylation sites (tertiary alicyclic amines) is 1. The highest BCUT2D eigenvalue weighted by Crippen LogP contribution is 2.22. The van der Waals surface area contributed by atoms with Crippen molar-refractivity contribution in [2.24, 2.45) is 25.9 Å². The molecule has 2 amide bonds. The van der Waals surface area contributed by atoms with Crippen molar-refractivity contribution in [1.29, 1.82) is 0 Å². The Hall–Kier alpha value is -3.17. The number of aliphatic carboxylic acids is 1. The van der Waals surface area contributed by atoms with Gasteiger partial charge in [0.2, 0.25) is 0 Å². The molecule has 3 rings (SSSR count). The lowest BCUT2D eigenvalue weighted by atomic mass is 9.91. The van der Waals surface area contributed by atoms with Crippen LogP contribution in [-0.2, 0) is 18.9 Å². The van der Waals surface area contributed by atoms with E-state index in [0.717, 1.165) is 4.57 Å². The molecule has 10 heteroatoms. The fourth-order valence-corrected chi connectivity index (χ4v) is 3.43. The largest absolute Gasteiger partial charge is 0.481 e. The molecule has 1 saturated heterocycles. The van der Waals surface area contributed by atoms with E-state index in [0.29, 0.717) is 18.7 Å². The Balaban J connectivity index is 1.88. The van der Waals surface area contributed by atoms with E-state index in [-0.39, 0.29) is 23.5 Å². The molecule has 0 spiro atoms. The van der Waals surface area contributed by atoms with Crippen molar-refractivity contribution < 1.29 is 14.7 Å². The zero-order valence-electron chi connectivity index (χ0n) is 15.3. The molecule has 3 heterocycles. The van der Waals surface area contributed by atoms with Gasteiger partial charge in [-0.3, -0.25) is 18.7 Å². The average molecular weight is 375 g/mol. The maximum atomic E-state index is 12.5. The molecule has 10 nitrogen and oxygen atoms in total. The molecular formula is C17H21N5O5. The first-order valence-corrected chi connectivity index (χ1v) is 8.53. The molecule has 1 aliphatic rings. The first-order valence-electron chi connectivity index (χ1n) is 8.53. The number of carboxylic acids is 1. The minimum absolute atomic E-state index is 0.0714. The number of fused-ring (bicyclic) bond motifs is 1. The highest BCUT2D eigenvalue weighted by molar-refractivity contribution is 5.91. The van der Waals surface area contributed by atoms with Gasteiger partial charge in [0.25, 0.3) is 5.56 Å². The summed E-state index contributed by atoms with van der Waals surface area (Å²) < 4.78 is 2.23. The first kappa shape index (κ1) is 18.6. The lowest BCUT2D eigenvalue weighted by molar-refractivity contribution is -0.143. The van der Waals surface area contributed by atoms with E-state index in [1.165, 1.54) is 35.8 Å². The van der Waals surface area contributed by atoms with Gasteiger partial charge in [-0.2, -0.15) is 0 Å². The van der Waals surface area contributed by atoms with Gasteiger partial charge in [-0.15, -0.1) is 0 Å². The lowest BCUT2D eigenvalue weighted by Gasteiger charge is -2.34. The second kappa shape index (κ2) is 6.86. The van der Waals surface area contributed by atoms with E-state index in [1.54, 1.807) is 0 Å². The summed E-state index contributed by atoms with van der Waals surface area (Å²) in [5, 5.41) is 12.1. The van der Waals surface area contributed by atoms with Crippen molar-refractivity contribution in [3.63, 3.8) is 0 Å². The second-order valence-corrected chi connectivity index (χ2v) is 7.01. The number of rotatable bonds is 2. The van der Waals surface area contributed by atoms with Crippen LogP contribution < -0.4 is 16.6 Å². The van der Waals surface area contributed by atoms with Crippen molar-refractivity contribution in [2.75, 3.05) is 18.4 Å². The summed E-state index contributed by atoms with van der Waals surface area (Å²) in [5.41, 5.74) is -0.472. The third-order valence-electron chi connectivity index (χ3n) is 4.84. The molecule has 0 aromatic carbocycles. The van der Waals surface area contributed by atoms with Gasteiger partial charge >= 0.3 is 17.7 Å². The van der Waals surface area contributed by atoms with Crippen LogP contribution in [0, 0.1) is 11.8 Å². The van der Waals surface area contributed by atoms with Crippen LogP contribution in [0.5, 0.6) is 0 Å². The molecule has 2 unspecified atom stereocenters. The summed E-state index contributed by atoms with van der Waals surface area (Å²) in [5.74, 6) is -1.45. The Kier molecular flexibility index (Phi) is 4.73. The second-order valence-electron chi connectivity index (χ2n) is 7.01. The summed E-state index contributed by atoms with van der Waals surface area (Å²) >= 11 is 0. The van der Waals surface area contributed by atoms with Gasteiger partial charge in [0.1, 0.15) is 5.65 Å². The molecule has 0 bridgehead atoms. The molecular weight excluding hydrogens is 354 g/mol. The number of aryl methyl sites for hydroxylation is 1. The number of urea groups is 1. The van der Waals surface area contributed by atoms with E-state index < -0.39 is 29.2 Å². The molecule has 2 aromatic rings. The molecule has 1 fully saturated rings. The van der Waals surface area contributed by atoms with E-state index in [9.17, 15) is 24.3 Å². The van der Waals surface area contributed by atoms with Crippen LogP contribution >= 0.6 is 0 Å². The van der Waals surface area contributed by atoms with Gasteiger partial charge in [0.05, 0.1) is 23.2 Å². The fraction of sp³-hybridized carbons (Fsp3) is 0.471. The van der Waals surface area contributed by atoms with Crippen molar-refractivity contribution in [3.8, 4) is 0 Å². The van der Waals surface area contributed by atoms with Crippen LogP contribution in [0.2, 0.25) is 0 Å². The predicted octanol–water partition coefficient (Wildman–Crippen LogP) is 0.207. The number of piperidine rings is 1. The van der Waals surface area contributed by atoms with Gasteiger partial charge in [0.15, 0.2) is 0 Å². The number of hydrogen-bond acceptors (Lipinski definition) is 5. The van der Waals surface area contributed by atoms with E-state index in [1.807, 2.05) is 6.92 Å². The third-order valence-corrected chi connectivity index (χ3v) is 4.84. The number of pyridine rings is 1. The van der Waals surface area contributed by atoms with E-state index >= 15 is 0 Å². The number of carboxylic acid groups (broad SMARTS) is 1. The lowest BCUT2D eigenvalue weighted by Crippen LogP contribution is -2.47. The minimum atomic E-state index is -0.920. The highest BCUT2D eigenvalue weighted by atomic mass is 16.4. The van der Waals surface area contributed by atoms with Crippen molar-refractivity contribution in [1.82, 2.24) is 19.0 Å². The molecule has 2 N–H and O–H groups in total. The van der Waals surface area contributed by atoms with Crippen LogP contribution in [0.1, 0.15) is 13.3 Å². The van der Waals surface area contributed by atoms with Crippen molar-refractivity contribution >= 4 is 28.7 Å². The molecule has 0 saturated carbocycles. The maximum absolute atomic E-state index is 12.5. The summed E-state index contributed by atoms with van der Waals surface area (Å²) in [4.78, 5) is 53.7. The molecule has 1 aliphatic heterocycles. The first-order chi connectivity index (χ1) is 12.7. The average Bonchev–Trinajstić information content (AvgIpc) is 2.64. The fourth-order valence-electron chi connectivity index (χ4n) is 3.43. The van der Waals surface area contributed by atoms with Crippen molar-refractivity contribution in [3.05, 3.63) is 33.1 Å². The Morgan fingerprint density at radius 3 is 2.59 bits per heavy atom. The van der Waals surface area contributed by atoms with E-state index in [4.69, 9.17) is 0 Å². The van der Waals surface area contributed by atoms with Gasteiger partial charge in [-0.25, -0.2) is 14.6 Å². The number of carbonyl (C=O) groups excluding carboxylic acids is 1. The number of nitrogens with zero attached hydrogens (tertiary/aromatic N) is 4. The topological polar surface area (TPSA) is 127 Å². The van der Waals surface area contributed by atoms with Gasteiger partial charge < -0.3 is 15.3 Å². The number of carbonyl (C=O) groups is 2. The number of hydrogen-bond donors (Lipinski definition) is 2. The summed E-state index contributed by atoms with van der Waals surface area (Å²) in [6.45, 7) is 2.48. The monoisotopic (exact) mass is 375 g/mol. The normalized spacial score (nSPS) is 19.9. The SMILES string of the molecule is CC1CC(C(=O)O)CN(C(=O)Nc2cnc3c(c2)c(=O)n(C)c(=O)n3C)C1. The smallest absolute Gasteiger partial charge is 0.332 e. The maximum Gasteiger partial charge on any atom is 0.332 e. The summed E-state index contributed by atoms with van der Waals surface area (Å²) in [7, 11) is 2.88. The summed E-state index contributed by atoms with van der Waals surface area (Å²) in [6, 6.07) is 1.01. The van der Waals surface area contributed by atoms with Crippen LogP contribution in [0.25, 0.3) is 11.0 Å². The van der Waals surface area contributed by atoms with Crippen LogP contribution in [-0.4, -0.2) is 49.2 Å². The Morgan fingerprint density at radius 2 is 1.93 bits per heavy atom. The predicted molar refractivity (Wildman–Crippen MR) is 97.7 cm³/mol.